The monoisotopic (exact) mass is 372 g/mol. The van der Waals surface area contributed by atoms with E-state index in [1.165, 1.54) is 7.11 Å². The van der Waals surface area contributed by atoms with Gasteiger partial charge in [0.05, 0.1) is 7.11 Å². The second kappa shape index (κ2) is 5.28. The number of carbonyl (C=O) groups is 1. The van der Waals surface area contributed by atoms with Gasteiger partial charge in [-0.15, -0.1) is 0 Å². The Labute approximate surface area is 124 Å². The van der Waals surface area contributed by atoms with E-state index in [9.17, 15) is 4.79 Å². The van der Waals surface area contributed by atoms with Crippen LogP contribution in [0.5, 0.6) is 0 Å². The first kappa shape index (κ1) is 14.0. The molecule has 0 atom stereocenters. The van der Waals surface area contributed by atoms with Gasteiger partial charge in [-0.3, -0.25) is 4.79 Å². The molecule has 0 N–H and O–H groups in total. The minimum absolute atomic E-state index is 0.243. The summed E-state index contributed by atoms with van der Waals surface area (Å²) < 4.78 is 11.0. The maximum Gasteiger partial charge on any atom is 0.320 e. The van der Waals surface area contributed by atoms with Gasteiger partial charge < -0.3 is 9.26 Å². The van der Waals surface area contributed by atoms with Crippen LogP contribution in [0, 0.1) is 3.57 Å². The molecule has 0 saturated heterocycles. The van der Waals surface area contributed by atoms with Crippen LogP contribution in [0.25, 0.3) is 11.4 Å². The van der Waals surface area contributed by atoms with E-state index in [4.69, 9.17) is 9.26 Å². The lowest BCUT2D eigenvalue weighted by Gasteiger charge is -2.15. The van der Waals surface area contributed by atoms with E-state index in [2.05, 4.69) is 32.7 Å². The summed E-state index contributed by atoms with van der Waals surface area (Å²) in [6.07, 6.45) is 0. The molecule has 0 amide bonds. The molecule has 0 aliphatic rings. The summed E-state index contributed by atoms with van der Waals surface area (Å²) in [6, 6.07) is 7.72. The Hall–Kier alpha value is -1.44. The van der Waals surface area contributed by atoms with E-state index in [0.717, 1.165) is 9.13 Å². The van der Waals surface area contributed by atoms with Crippen molar-refractivity contribution in [3.8, 4) is 11.4 Å². The fourth-order valence-corrected chi connectivity index (χ4v) is 1.90. The normalized spacial score (nSPS) is 11.4. The van der Waals surface area contributed by atoms with Crippen LogP contribution in [0.15, 0.2) is 28.8 Å². The summed E-state index contributed by atoms with van der Waals surface area (Å²) in [7, 11) is 1.33. The van der Waals surface area contributed by atoms with Crippen molar-refractivity contribution in [2.24, 2.45) is 0 Å². The second-order valence-electron chi connectivity index (χ2n) is 4.55. The topological polar surface area (TPSA) is 65.2 Å². The average Bonchev–Trinajstić information content (AvgIpc) is 2.88. The molecule has 0 fully saturated rings. The van der Waals surface area contributed by atoms with Gasteiger partial charge in [-0.25, -0.2) is 0 Å². The summed E-state index contributed by atoms with van der Waals surface area (Å²) in [4.78, 5) is 15.9. The van der Waals surface area contributed by atoms with E-state index in [1.807, 2.05) is 24.3 Å². The van der Waals surface area contributed by atoms with Gasteiger partial charge in [0.2, 0.25) is 11.7 Å². The van der Waals surface area contributed by atoms with E-state index in [-0.39, 0.29) is 5.89 Å². The predicted molar refractivity (Wildman–Crippen MR) is 77.5 cm³/mol. The fraction of sp³-hybridized carbons (Fsp3) is 0.308. The number of rotatable bonds is 3. The molecule has 2 rings (SSSR count). The number of halogens is 1. The zero-order chi connectivity index (χ0) is 14.0. The lowest BCUT2D eigenvalue weighted by molar-refractivity contribution is -0.147. The molecule has 0 aliphatic carbocycles. The molecule has 0 bridgehead atoms. The standard InChI is InChI=1S/C13H13IN2O3/c1-13(2,12(17)18-3)11-15-10(16-19-11)8-4-6-9(14)7-5-8/h4-7H,1-3H3. The lowest BCUT2D eigenvalue weighted by atomic mass is 9.94. The number of aromatic nitrogens is 2. The number of hydrogen-bond acceptors (Lipinski definition) is 5. The Morgan fingerprint density at radius 3 is 2.53 bits per heavy atom. The molecule has 1 aromatic heterocycles. The van der Waals surface area contributed by atoms with Crippen molar-refractivity contribution in [2.75, 3.05) is 7.11 Å². The second-order valence-corrected chi connectivity index (χ2v) is 5.79. The van der Waals surface area contributed by atoms with E-state index < -0.39 is 11.4 Å². The van der Waals surface area contributed by atoms with Crippen LogP contribution >= 0.6 is 22.6 Å². The Kier molecular flexibility index (Phi) is 3.88. The summed E-state index contributed by atoms with van der Waals surface area (Å²) in [5.41, 5.74) is -0.112. The number of benzene rings is 1. The van der Waals surface area contributed by atoms with Crippen molar-refractivity contribution in [2.45, 2.75) is 19.3 Å². The highest BCUT2D eigenvalue weighted by molar-refractivity contribution is 14.1. The van der Waals surface area contributed by atoms with Gasteiger partial charge in [0.1, 0.15) is 5.41 Å². The molecule has 6 heteroatoms. The van der Waals surface area contributed by atoms with E-state index in [1.54, 1.807) is 13.8 Å². The fourth-order valence-electron chi connectivity index (χ4n) is 1.54. The van der Waals surface area contributed by atoms with E-state index in [0.29, 0.717) is 5.82 Å². The third kappa shape index (κ3) is 2.78. The molecular weight excluding hydrogens is 359 g/mol. The largest absolute Gasteiger partial charge is 0.468 e. The van der Waals surface area contributed by atoms with Gasteiger partial charge in [-0.05, 0) is 48.6 Å². The smallest absolute Gasteiger partial charge is 0.320 e. The number of hydrogen-bond donors (Lipinski definition) is 0. The Balaban J connectivity index is 2.34. The highest BCUT2D eigenvalue weighted by atomic mass is 127. The number of methoxy groups -OCH3 is 1. The zero-order valence-electron chi connectivity index (χ0n) is 10.8. The summed E-state index contributed by atoms with van der Waals surface area (Å²) in [5.74, 6) is 0.293. The number of nitrogens with zero attached hydrogens (tertiary/aromatic N) is 2. The van der Waals surface area contributed by atoms with E-state index >= 15 is 0 Å². The molecular formula is C13H13IN2O3. The third-order valence-corrected chi connectivity index (χ3v) is 3.48. The van der Waals surface area contributed by atoms with Crippen LogP contribution in [-0.2, 0) is 14.9 Å². The first-order valence-corrected chi connectivity index (χ1v) is 6.71. The summed E-state index contributed by atoms with van der Waals surface area (Å²) in [6.45, 7) is 3.37. The Morgan fingerprint density at radius 2 is 1.95 bits per heavy atom. The number of carbonyl (C=O) groups excluding carboxylic acids is 1. The van der Waals surface area contributed by atoms with Crippen LogP contribution in [0.4, 0.5) is 0 Å². The molecule has 1 heterocycles. The maximum atomic E-state index is 11.7. The van der Waals surface area contributed by atoms with Crippen molar-refractivity contribution in [1.29, 1.82) is 0 Å². The number of esters is 1. The highest BCUT2D eigenvalue weighted by Crippen LogP contribution is 2.26. The van der Waals surface area contributed by atoms with Gasteiger partial charge in [0, 0.05) is 9.13 Å². The highest BCUT2D eigenvalue weighted by Gasteiger charge is 2.37. The number of ether oxygens (including phenoxy) is 1. The molecule has 0 radical (unpaired) electrons. The SMILES string of the molecule is COC(=O)C(C)(C)c1nc(-c2ccc(I)cc2)no1. The van der Waals surface area contributed by atoms with Gasteiger partial charge in [0.25, 0.3) is 0 Å². The van der Waals surface area contributed by atoms with Crippen molar-refractivity contribution in [3.05, 3.63) is 33.7 Å². The van der Waals surface area contributed by atoms with Crippen LogP contribution in [0.2, 0.25) is 0 Å². The molecule has 0 spiro atoms. The molecule has 0 saturated carbocycles. The molecule has 0 unspecified atom stereocenters. The quantitative estimate of drug-likeness (QED) is 0.613. The first-order chi connectivity index (χ1) is 8.95. The average molecular weight is 372 g/mol. The van der Waals surface area contributed by atoms with Crippen LogP contribution in [0.3, 0.4) is 0 Å². The van der Waals surface area contributed by atoms with Gasteiger partial charge in [-0.1, -0.05) is 17.3 Å². The first-order valence-electron chi connectivity index (χ1n) is 5.63. The molecule has 100 valence electrons. The van der Waals surface area contributed by atoms with Crippen molar-refractivity contribution < 1.29 is 14.1 Å². The maximum absolute atomic E-state index is 11.7. The van der Waals surface area contributed by atoms with Crippen molar-refractivity contribution >= 4 is 28.6 Å². The third-order valence-electron chi connectivity index (χ3n) is 2.76. The molecule has 1 aromatic carbocycles. The molecule has 0 aliphatic heterocycles. The summed E-state index contributed by atoms with van der Waals surface area (Å²) in [5, 5.41) is 3.90. The molecule has 19 heavy (non-hydrogen) atoms. The predicted octanol–water partition coefficient (Wildman–Crippen LogP) is 2.79. The zero-order valence-corrected chi connectivity index (χ0v) is 13.0. The van der Waals surface area contributed by atoms with Gasteiger partial charge >= 0.3 is 5.97 Å². The van der Waals surface area contributed by atoms with Crippen LogP contribution in [0.1, 0.15) is 19.7 Å². The van der Waals surface area contributed by atoms with Crippen LogP contribution < -0.4 is 0 Å². The summed E-state index contributed by atoms with van der Waals surface area (Å²) >= 11 is 2.22. The molecule has 2 aromatic rings. The van der Waals surface area contributed by atoms with Gasteiger partial charge in [-0.2, -0.15) is 4.98 Å². The van der Waals surface area contributed by atoms with Crippen molar-refractivity contribution in [3.63, 3.8) is 0 Å². The van der Waals surface area contributed by atoms with Crippen molar-refractivity contribution in [1.82, 2.24) is 10.1 Å². The minimum Gasteiger partial charge on any atom is -0.468 e. The Bertz CT molecular complexity index is 590. The Morgan fingerprint density at radius 1 is 1.32 bits per heavy atom. The molecule has 5 nitrogen and oxygen atoms in total. The van der Waals surface area contributed by atoms with Gasteiger partial charge in [0.15, 0.2) is 0 Å². The minimum atomic E-state index is -0.955. The lowest BCUT2D eigenvalue weighted by Crippen LogP contribution is -2.30. The van der Waals surface area contributed by atoms with Crippen LogP contribution in [-0.4, -0.2) is 23.2 Å².